The molecule has 186 valence electrons. The highest BCUT2D eigenvalue weighted by Crippen LogP contribution is 2.26. The van der Waals surface area contributed by atoms with E-state index in [4.69, 9.17) is 9.88 Å². The Morgan fingerprint density at radius 1 is 0.944 bits per heavy atom. The molecule has 4 aromatic rings. The summed E-state index contributed by atoms with van der Waals surface area (Å²) >= 11 is 0. The lowest BCUT2D eigenvalue weighted by Crippen LogP contribution is -2.16. The van der Waals surface area contributed by atoms with Crippen LogP contribution in [0.15, 0.2) is 89.8 Å². The summed E-state index contributed by atoms with van der Waals surface area (Å²) < 4.78 is 28.4. The molecular weight excluding hydrogens is 472 g/mol. The molecule has 6 nitrogen and oxygen atoms in total. The van der Waals surface area contributed by atoms with E-state index in [9.17, 15) is 13.2 Å². The number of ketones is 1. The third-order valence-electron chi connectivity index (χ3n) is 6.20. The Bertz CT molecular complexity index is 1480. The number of methoxy groups -OCH3 is 1. The molecule has 0 saturated heterocycles. The Labute approximate surface area is 212 Å². The number of carbonyl (C=O) groups is 1. The quantitative estimate of drug-likeness (QED) is 0.296. The van der Waals surface area contributed by atoms with Crippen molar-refractivity contribution < 1.29 is 17.9 Å². The van der Waals surface area contributed by atoms with E-state index >= 15 is 0 Å². The molecule has 1 unspecified atom stereocenters. The molecule has 0 aliphatic heterocycles. The van der Waals surface area contributed by atoms with Crippen LogP contribution in [0, 0.1) is 6.92 Å². The topological polar surface area (TPSA) is 98.5 Å². The van der Waals surface area contributed by atoms with Crippen molar-refractivity contribution in [2.75, 3.05) is 12.4 Å². The molecule has 0 aliphatic carbocycles. The fourth-order valence-corrected chi connectivity index (χ4v) is 4.77. The van der Waals surface area contributed by atoms with E-state index in [1.54, 1.807) is 19.2 Å². The number of nitrogens with two attached hydrogens (primary N) is 1. The van der Waals surface area contributed by atoms with Gasteiger partial charge in [-0.05, 0) is 71.6 Å². The van der Waals surface area contributed by atoms with Crippen molar-refractivity contribution in [1.82, 2.24) is 0 Å². The van der Waals surface area contributed by atoms with Crippen LogP contribution in [0.25, 0.3) is 10.8 Å². The van der Waals surface area contributed by atoms with Gasteiger partial charge in [-0.15, -0.1) is 0 Å². The molecule has 0 radical (unpaired) electrons. The van der Waals surface area contributed by atoms with Crippen LogP contribution in [-0.2, 0) is 21.2 Å². The number of nitrogens with one attached hydrogen (secondary N) is 1. The minimum Gasteiger partial charge on any atom is -0.497 e. The highest BCUT2D eigenvalue weighted by atomic mass is 32.2. The zero-order valence-electron chi connectivity index (χ0n) is 20.4. The smallest absolute Gasteiger partial charge is 0.238 e. The lowest BCUT2D eigenvalue weighted by molar-refractivity contribution is -0.119. The summed E-state index contributed by atoms with van der Waals surface area (Å²) in [4.78, 5) is 13.1. The van der Waals surface area contributed by atoms with Gasteiger partial charge in [-0.1, -0.05) is 54.1 Å². The van der Waals surface area contributed by atoms with Crippen LogP contribution in [-0.4, -0.2) is 21.3 Å². The van der Waals surface area contributed by atoms with Gasteiger partial charge in [-0.3, -0.25) is 4.79 Å². The number of carbonyl (C=O) groups excluding carboxylic acids is 1. The molecule has 0 saturated carbocycles. The largest absolute Gasteiger partial charge is 0.497 e. The fourth-order valence-electron chi connectivity index (χ4n) is 4.25. The summed E-state index contributed by atoms with van der Waals surface area (Å²) in [6.45, 7) is 2.01. The molecule has 0 bridgehead atoms. The number of hydrogen-bond donors (Lipinski definition) is 2. The number of aryl methyl sites for hydroxylation is 2. The first-order valence-corrected chi connectivity index (χ1v) is 13.3. The van der Waals surface area contributed by atoms with Gasteiger partial charge in [0, 0.05) is 18.5 Å². The van der Waals surface area contributed by atoms with Crippen LogP contribution in [0.1, 0.15) is 35.6 Å². The first-order valence-electron chi connectivity index (χ1n) is 11.8. The van der Waals surface area contributed by atoms with Crippen LogP contribution in [0.5, 0.6) is 5.75 Å². The zero-order chi connectivity index (χ0) is 25.7. The second kappa shape index (κ2) is 10.9. The SMILES string of the molecule is COc1ccc2cc(CCC(=O)CC(Nc3ccc(S(N)(=O)=O)cc3)c3cccc(C)c3)ccc2c1. The number of benzene rings is 4. The van der Waals surface area contributed by atoms with Crippen molar-refractivity contribution in [3.05, 3.63) is 102 Å². The second-order valence-electron chi connectivity index (χ2n) is 8.97. The van der Waals surface area contributed by atoms with Crippen LogP contribution in [0.3, 0.4) is 0 Å². The van der Waals surface area contributed by atoms with Crippen LogP contribution in [0.2, 0.25) is 0 Å². The molecule has 0 heterocycles. The Morgan fingerprint density at radius 2 is 1.67 bits per heavy atom. The van der Waals surface area contributed by atoms with Crippen molar-refractivity contribution in [3.63, 3.8) is 0 Å². The van der Waals surface area contributed by atoms with E-state index in [2.05, 4.69) is 29.6 Å². The van der Waals surface area contributed by atoms with E-state index in [1.807, 2.05) is 43.3 Å². The predicted molar refractivity (Wildman–Crippen MR) is 144 cm³/mol. The van der Waals surface area contributed by atoms with Crippen molar-refractivity contribution >= 4 is 32.3 Å². The van der Waals surface area contributed by atoms with E-state index < -0.39 is 10.0 Å². The van der Waals surface area contributed by atoms with E-state index in [-0.39, 0.29) is 16.7 Å². The minimum atomic E-state index is -3.76. The molecular formula is C29H30N2O4S. The van der Waals surface area contributed by atoms with Gasteiger partial charge in [0.25, 0.3) is 0 Å². The van der Waals surface area contributed by atoms with Crippen LogP contribution >= 0.6 is 0 Å². The molecule has 0 spiro atoms. The number of primary sulfonamides is 1. The van der Waals surface area contributed by atoms with E-state index in [0.29, 0.717) is 24.9 Å². The molecule has 0 aromatic heterocycles. The minimum absolute atomic E-state index is 0.0464. The van der Waals surface area contributed by atoms with E-state index in [1.165, 1.54) is 12.1 Å². The number of ether oxygens (including phenoxy) is 1. The summed E-state index contributed by atoms with van der Waals surface area (Å²) in [7, 11) is -2.11. The Kier molecular flexibility index (Phi) is 7.72. The summed E-state index contributed by atoms with van der Waals surface area (Å²) in [5.41, 5.74) is 3.92. The number of hydrogen-bond acceptors (Lipinski definition) is 5. The molecule has 0 aliphatic rings. The second-order valence-corrected chi connectivity index (χ2v) is 10.5. The summed E-state index contributed by atoms with van der Waals surface area (Å²) in [6.07, 6.45) is 1.39. The van der Waals surface area contributed by atoms with E-state index in [0.717, 1.165) is 33.2 Å². The maximum Gasteiger partial charge on any atom is 0.238 e. The highest BCUT2D eigenvalue weighted by molar-refractivity contribution is 7.89. The predicted octanol–water partition coefficient (Wildman–Crippen LogP) is 5.55. The Morgan fingerprint density at radius 3 is 2.36 bits per heavy atom. The Hall–Kier alpha value is -3.68. The lowest BCUT2D eigenvalue weighted by atomic mass is 9.96. The third kappa shape index (κ3) is 6.50. The van der Waals surface area contributed by atoms with Crippen molar-refractivity contribution in [2.24, 2.45) is 5.14 Å². The molecule has 7 heteroatoms. The van der Waals surface area contributed by atoms with Gasteiger partial charge >= 0.3 is 0 Å². The maximum absolute atomic E-state index is 13.1. The summed E-state index contributed by atoms with van der Waals surface area (Å²) in [5.74, 6) is 0.962. The molecule has 4 aromatic carbocycles. The number of sulfonamides is 1. The van der Waals surface area contributed by atoms with Gasteiger partial charge in [0.05, 0.1) is 18.0 Å². The number of fused-ring (bicyclic) bond motifs is 1. The first kappa shape index (κ1) is 25.4. The standard InChI is InChI=1S/C29H30N2O4S/c1-20-4-3-5-24(16-20)29(31-25-10-14-28(15-11-25)36(30,33)34)19-26(32)12-7-21-6-8-23-18-27(35-2)13-9-22(23)17-21/h3-6,8-11,13-18,29,31H,7,12,19H2,1-2H3,(H2,30,33,34). The highest BCUT2D eigenvalue weighted by Gasteiger charge is 2.17. The summed E-state index contributed by atoms with van der Waals surface area (Å²) in [5, 5.41) is 10.8. The zero-order valence-corrected chi connectivity index (χ0v) is 21.2. The number of anilines is 1. The molecule has 36 heavy (non-hydrogen) atoms. The molecule has 0 amide bonds. The van der Waals surface area contributed by atoms with Crippen molar-refractivity contribution in [3.8, 4) is 5.75 Å². The van der Waals surface area contributed by atoms with Gasteiger partial charge in [0.1, 0.15) is 11.5 Å². The van der Waals surface area contributed by atoms with Gasteiger partial charge < -0.3 is 10.1 Å². The third-order valence-corrected chi connectivity index (χ3v) is 7.13. The molecule has 4 rings (SSSR count). The normalized spacial score (nSPS) is 12.3. The van der Waals surface area contributed by atoms with Gasteiger partial charge in [-0.2, -0.15) is 0 Å². The van der Waals surface area contributed by atoms with Crippen molar-refractivity contribution in [1.29, 1.82) is 0 Å². The molecule has 1 atom stereocenters. The summed E-state index contributed by atoms with van der Waals surface area (Å²) in [6, 6.07) is 26.2. The van der Waals surface area contributed by atoms with Gasteiger partial charge in [-0.25, -0.2) is 13.6 Å². The number of Topliss-reactive ketones (excluding diaryl/α,β-unsaturated/α-hetero) is 1. The Balaban J connectivity index is 1.46. The van der Waals surface area contributed by atoms with Crippen LogP contribution < -0.4 is 15.2 Å². The average molecular weight is 503 g/mol. The van der Waals surface area contributed by atoms with Gasteiger partial charge in [0.15, 0.2) is 0 Å². The first-order chi connectivity index (χ1) is 17.2. The van der Waals surface area contributed by atoms with Crippen LogP contribution in [0.4, 0.5) is 5.69 Å². The fraction of sp³-hybridized carbons (Fsp3) is 0.207. The maximum atomic E-state index is 13.1. The van der Waals surface area contributed by atoms with Crippen molar-refractivity contribution in [2.45, 2.75) is 37.1 Å². The average Bonchev–Trinajstić information content (AvgIpc) is 2.86. The number of rotatable bonds is 10. The lowest BCUT2D eigenvalue weighted by Gasteiger charge is -2.21. The molecule has 3 N–H and O–H groups in total. The van der Waals surface area contributed by atoms with Gasteiger partial charge in [0.2, 0.25) is 10.0 Å². The molecule has 0 fully saturated rings. The monoisotopic (exact) mass is 502 g/mol.